The molecule has 1 aliphatic carbocycles. The summed E-state index contributed by atoms with van der Waals surface area (Å²) in [4.78, 5) is 11.3. The molecule has 0 radical (unpaired) electrons. The Labute approximate surface area is 74.9 Å². The number of rotatable bonds is 0. The molecular weight excluding hydrogens is 206 g/mol. The molecule has 2 aliphatic rings. The summed E-state index contributed by atoms with van der Waals surface area (Å²) < 4.78 is 0. The van der Waals surface area contributed by atoms with E-state index in [1.807, 2.05) is 0 Å². The molecule has 11 heavy (non-hydrogen) atoms. The van der Waals surface area contributed by atoms with Crippen molar-refractivity contribution in [2.45, 2.75) is 36.6 Å². The van der Waals surface area contributed by atoms with E-state index < -0.39 is 0 Å². The lowest BCUT2D eigenvalue weighted by Gasteiger charge is -2.13. The van der Waals surface area contributed by atoms with E-state index >= 15 is 0 Å². The van der Waals surface area contributed by atoms with E-state index in [1.165, 1.54) is 19.3 Å². The normalized spacial score (nSPS) is 43.4. The van der Waals surface area contributed by atoms with E-state index in [0.717, 1.165) is 12.3 Å². The van der Waals surface area contributed by atoms with Crippen molar-refractivity contribution in [1.29, 1.82) is 0 Å². The van der Waals surface area contributed by atoms with Gasteiger partial charge in [-0.1, -0.05) is 15.9 Å². The third-order valence-corrected chi connectivity index (χ3v) is 3.50. The van der Waals surface area contributed by atoms with Crippen LogP contribution in [0.5, 0.6) is 0 Å². The smallest absolute Gasteiger partial charge is 0.234 e. The van der Waals surface area contributed by atoms with Crippen LogP contribution in [0.4, 0.5) is 0 Å². The standard InChI is InChI=1S/C8H12BrNO/c9-7-4-5-1-2-6(3-5)10-8(7)11/h5-7H,1-4H2,(H,10,11). The van der Waals surface area contributed by atoms with Gasteiger partial charge >= 0.3 is 0 Å². The molecule has 2 fully saturated rings. The number of fused-ring (bicyclic) bond motifs is 2. The quantitative estimate of drug-likeness (QED) is 0.612. The third kappa shape index (κ3) is 1.43. The maximum atomic E-state index is 11.2. The van der Waals surface area contributed by atoms with Gasteiger partial charge in [-0.3, -0.25) is 4.79 Å². The number of carbonyl (C=O) groups excluding carboxylic acids is 1. The topological polar surface area (TPSA) is 29.1 Å². The third-order valence-electron chi connectivity index (χ3n) is 2.71. The van der Waals surface area contributed by atoms with Crippen LogP contribution in [0.25, 0.3) is 0 Å². The highest BCUT2D eigenvalue weighted by atomic mass is 79.9. The summed E-state index contributed by atoms with van der Waals surface area (Å²) in [6.45, 7) is 0. The first-order valence-electron chi connectivity index (χ1n) is 4.20. The van der Waals surface area contributed by atoms with Crippen LogP contribution in [-0.4, -0.2) is 16.8 Å². The highest BCUT2D eigenvalue weighted by Crippen LogP contribution is 2.33. The average molecular weight is 218 g/mol. The lowest BCUT2D eigenvalue weighted by molar-refractivity contribution is -0.121. The van der Waals surface area contributed by atoms with Crippen molar-refractivity contribution in [3.63, 3.8) is 0 Å². The fraction of sp³-hybridized carbons (Fsp3) is 0.875. The predicted octanol–water partition coefficient (Wildman–Crippen LogP) is 1.44. The second-order valence-corrected chi connectivity index (χ2v) is 4.69. The second kappa shape index (κ2) is 2.77. The van der Waals surface area contributed by atoms with Crippen molar-refractivity contribution < 1.29 is 4.79 Å². The Morgan fingerprint density at radius 2 is 2.18 bits per heavy atom. The van der Waals surface area contributed by atoms with Crippen LogP contribution in [0, 0.1) is 5.92 Å². The molecule has 1 heterocycles. The minimum absolute atomic E-state index is 0.0674. The fourth-order valence-electron chi connectivity index (χ4n) is 2.11. The van der Waals surface area contributed by atoms with Crippen LogP contribution in [0.1, 0.15) is 25.7 Å². The Bertz CT molecular complexity index is 183. The SMILES string of the molecule is O=C1NC2CCC(C2)CC1Br. The summed E-state index contributed by atoms with van der Waals surface area (Å²) in [5.41, 5.74) is 0. The molecule has 0 aromatic rings. The molecule has 0 aromatic carbocycles. The van der Waals surface area contributed by atoms with Crippen molar-refractivity contribution >= 4 is 21.8 Å². The van der Waals surface area contributed by atoms with Crippen LogP contribution in [0.15, 0.2) is 0 Å². The Morgan fingerprint density at radius 1 is 1.36 bits per heavy atom. The summed E-state index contributed by atoms with van der Waals surface area (Å²) in [6, 6.07) is 0.482. The Balaban J connectivity index is 2.10. The van der Waals surface area contributed by atoms with Gasteiger partial charge in [-0.25, -0.2) is 0 Å². The zero-order chi connectivity index (χ0) is 7.84. The molecule has 2 bridgehead atoms. The van der Waals surface area contributed by atoms with Crippen molar-refractivity contribution in [1.82, 2.24) is 5.32 Å². The summed E-state index contributed by atoms with van der Waals surface area (Å²) >= 11 is 3.39. The second-order valence-electron chi connectivity index (χ2n) is 3.59. The van der Waals surface area contributed by atoms with E-state index in [9.17, 15) is 4.79 Å². The van der Waals surface area contributed by atoms with Gasteiger partial charge in [0.1, 0.15) is 0 Å². The van der Waals surface area contributed by atoms with Crippen LogP contribution < -0.4 is 5.32 Å². The van der Waals surface area contributed by atoms with Gasteiger partial charge in [-0.05, 0) is 31.6 Å². The monoisotopic (exact) mass is 217 g/mol. The number of halogens is 1. The summed E-state index contributed by atoms with van der Waals surface area (Å²) in [7, 11) is 0. The Kier molecular flexibility index (Phi) is 1.91. The number of hydrogen-bond acceptors (Lipinski definition) is 1. The van der Waals surface area contributed by atoms with Crippen molar-refractivity contribution in [3.05, 3.63) is 0 Å². The first-order valence-corrected chi connectivity index (χ1v) is 5.11. The summed E-state index contributed by atoms with van der Waals surface area (Å²) in [6.07, 6.45) is 4.72. The van der Waals surface area contributed by atoms with Crippen LogP contribution in [0.2, 0.25) is 0 Å². The van der Waals surface area contributed by atoms with Crippen molar-refractivity contribution in [2.24, 2.45) is 5.92 Å². The molecular formula is C8H12BrNO. The van der Waals surface area contributed by atoms with Gasteiger partial charge in [0.2, 0.25) is 5.91 Å². The van der Waals surface area contributed by atoms with Gasteiger partial charge in [-0.2, -0.15) is 0 Å². The molecule has 1 N–H and O–H groups in total. The minimum atomic E-state index is 0.0674. The summed E-state index contributed by atoms with van der Waals surface area (Å²) in [5.74, 6) is 0.973. The molecule has 3 unspecified atom stereocenters. The van der Waals surface area contributed by atoms with E-state index in [2.05, 4.69) is 21.2 Å². The maximum absolute atomic E-state index is 11.2. The average Bonchev–Trinajstić information content (AvgIpc) is 2.30. The number of amides is 1. The predicted molar refractivity (Wildman–Crippen MR) is 46.6 cm³/mol. The molecule has 0 spiro atoms. The van der Waals surface area contributed by atoms with Crippen molar-refractivity contribution in [3.8, 4) is 0 Å². The number of carbonyl (C=O) groups is 1. The lowest BCUT2D eigenvalue weighted by atomic mass is 10.0. The Hall–Kier alpha value is -0.0500. The molecule has 1 aliphatic heterocycles. The summed E-state index contributed by atoms with van der Waals surface area (Å²) in [5, 5.41) is 3.03. The van der Waals surface area contributed by atoms with Gasteiger partial charge in [0, 0.05) is 6.04 Å². The molecule has 3 heteroatoms. The number of hydrogen-bond donors (Lipinski definition) is 1. The number of alkyl halides is 1. The van der Waals surface area contributed by atoms with Gasteiger partial charge in [0.15, 0.2) is 0 Å². The zero-order valence-corrected chi connectivity index (χ0v) is 7.93. The first kappa shape index (κ1) is 7.59. The molecule has 2 nitrogen and oxygen atoms in total. The van der Waals surface area contributed by atoms with Crippen LogP contribution >= 0.6 is 15.9 Å². The number of nitrogens with one attached hydrogen (secondary N) is 1. The lowest BCUT2D eigenvalue weighted by Crippen LogP contribution is -2.36. The fourth-order valence-corrected chi connectivity index (χ4v) is 2.77. The first-order chi connectivity index (χ1) is 5.25. The van der Waals surface area contributed by atoms with Gasteiger partial charge in [-0.15, -0.1) is 0 Å². The van der Waals surface area contributed by atoms with Crippen molar-refractivity contribution in [2.75, 3.05) is 0 Å². The molecule has 1 saturated carbocycles. The highest BCUT2D eigenvalue weighted by Gasteiger charge is 2.33. The maximum Gasteiger partial charge on any atom is 0.234 e. The van der Waals surface area contributed by atoms with E-state index in [0.29, 0.717) is 6.04 Å². The van der Waals surface area contributed by atoms with Gasteiger partial charge in [0.05, 0.1) is 4.83 Å². The Morgan fingerprint density at radius 3 is 3.00 bits per heavy atom. The van der Waals surface area contributed by atoms with E-state index in [4.69, 9.17) is 0 Å². The zero-order valence-electron chi connectivity index (χ0n) is 6.35. The molecule has 0 aromatic heterocycles. The van der Waals surface area contributed by atoms with Gasteiger partial charge < -0.3 is 5.32 Å². The molecule has 3 atom stereocenters. The molecule has 62 valence electrons. The minimum Gasteiger partial charge on any atom is -0.352 e. The molecule has 1 amide bonds. The van der Waals surface area contributed by atoms with E-state index in [1.54, 1.807) is 0 Å². The highest BCUT2D eigenvalue weighted by molar-refractivity contribution is 9.10. The van der Waals surface area contributed by atoms with E-state index in [-0.39, 0.29) is 10.7 Å². The van der Waals surface area contributed by atoms with Crippen LogP contribution in [0.3, 0.4) is 0 Å². The van der Waals surface area contributed by atoms with Gasteiger partial charge in [0.25, 0.3) is 0 Å². The molecule has 1 saturated heterocycles. The van der Waals surface area contributed by atoms with Crippen LogP contribution in [-0.2, 0) is 4.79 Å². The molecule has 2 rings (SSSR count). The largest absolute Gasteiger partial charge is 0.352 e.